The van der Waals surface area contributed by atoms with E-state index in [1.807, 2.05) is 43.3 Å². The lowest BCUT2D eigenvalue weighted by atomic mass is 9.99. The molecule has 0 spiro atoms. The van der Waals surface area contributed by atoms with E-state index in [4.69, 9.17) is 30.2 Å². The SMILES string of the molecule is COc1ccc(CCCOC(=O)c2c(CCCCl)oc3c(OC)cc(CCC(=O)NC(C)CCCC(C)(C)O)cc23)cc1. The van der Waals surface area contributed by atoms with Crippen molar-refractivity contribution in [1.82, 2.24) is 5.32 Å². The number of aliphatic hydroxyl groups is 1. The van der Waals surface area contributed by atoms with Gasteiger partial charge in [-0.25, -0.2) is 4.79 Å². The number of rotatable bonds is 18. The van der Waals surface area contributed by atoms with Crippen molar-refractivity contribution < 1.29 is 33.3 Å². The third-order valence-corrected chi connectivity index (χ3v) is 7.59. The summed E-state index contributed by atoms with van der Waals surface area (Å²) in [5, 5.41) is 13.6. The molecule has 3 aromatic rings. The van der Waals surface area contributed by atoms with E-state index >= 15 is 0 Å². The van der Waals surface area contributed by atoms with Crippen LogP contribution in [-0.2, 0) is 28.8 Å². The van der Waals surface area contributed by atoms with E-state index in [1.165, 1.54) is 0 Å². The second-order valence-corrected chi connectivity index (χ2v) is 12.0. The summed E-state index contributed by atoms with van der Waals surface area (Å²) < 4.78 is 22.7. The molecule has 0 aliphatic heterocycles. The first-order valence-corrected chi connectivity index (χ1v) is 15.6. The number of furan rings is 1. The number of halogens is 1. The predicted molar refractivity (Wildman–Crippen MR) is 169 cm³/mol. The van der Waals surface area contributed by atoms with Gasteiger partial charge in [0.25, 0.3) is 0 Å². The highest BCUT2D eigenvalue weighted by atomic mass is 35.5. The Hall–Kier alpha value is -3.23. The minimum absolute atomic E-state index is 0.0105. The normalized spacial score (nSPS) is 12.3. The van der Waals surface area contributed by atoms with E-state index in [-0.39, 0.29) is 25.0 Å². The first-order valence-electron chi connectivity index (χ1n) is 15.0. The molecule has 0 aliphatic rings. The molecule has 2 aromatic carbocycles. The monoisotopic (exact) mass is 615 g/mol. The van der Waals surface area contributed by atoms with E-state index in [0.29, 0.717) is 66.0 Å². The van der Waals surface area contributed by atoms with Crippen LogP contribution in [0.15, 0.2) is 40.8 Å². The van der Waals surface area contributed by atoms with Crippen LogP contribution in [0.1, 0.15) is 86.5 Å². The van der Waals surface area contributed by atoms with Crippen molar-refractivity contribution in [2.75, 3.05) is 26.7 Å². The highest BCUT2D eigenvalue weighted by Gasteiger charge is 2.25. The zero-order valence-corrected chi connectivity index (χ0v) is 26.9. The molecule has 1 aromatic heterocycles. The van der Waals surface area contributed by atoms with Gasteiger partial charge >= 0.3 is 5.97 Å². The van der Waals surface area contributed by atoms with Crippen LogP contribution in [0.5, 0.6) is 11.5 Å². The van der Waals surface area contributed by atoms with Crippen LogP contribution in [0, 0.1) is 0 Å². The van der Waals surface area contributed by atoms with Crippen molar-refractivity contribution in [3.63, 3.8) is 0 Å². The Bertz CT molecular complexity index is 1330. The van der Waals surface area contributed by atoms with E-state index < -0.39 is 11.6 Å². The topological polar surface area (TPSA) is 107 Å². The predicted octanol–water partition coefficient (Wildman–Crippen LogP) is 6.79. The number of benzene rings is 2. The van der Waals surface area contributed by atoms with Crippen LogP contribution in [0.3, 0.4) is 0 Å². The Morgan fingerprint density at radius 3 is 2.40 bits per heavy atom. The van der Waals surface area contributed by atoms with Gasteiger partial charge < -0.3 is 29.1 Å². The van der Waals surface area contributed by atoms with Gasteiger partial charge in [0.1, 0.15) is 17.1 Å². The lowest BCUT2D eigenvalue weighted by Gasteiger charge is -2.19. The van der Waals surface area contributed by atoms with Crippen LogP contribution in [0.2, 0.25) is 0 Å². The lowest BCUT2D eigenvalue weighted by Crippen LogP contribution is -2.33. The zero-order chi connectivity index (χ0) is 31.4. The molecule has 0 radical (unpaired) electrons. The Morgan fingerprint density at radius 2 is 1.74 bits per heavy atom. The highest BCUT2D eigenvalue weighted by molar-refractivity contribution is 6.17. The number of carbonyl (C=O) groups is 2. The average Bonchev–Trinajstić information content (AvgIpc) is 3.34. The first kappa shape index (κ1) is 34.3. The minimum atomic E-state index is -0.707. The molecule has 0 bridgehead atoms. The molecule has 0 saturated heterocycles. The van der Waals surface area contributed by atoms with Gasteiger partial charge in [-0.3, -0.25) is 4.79 Å². The zero-order valence-electron chi connectivity index (χ0n) is 26.1. The molecule has 1 amide bonds. The number of aryl methyl sites for hydroxylation is 3. The molecule has 1 heterocycles. The second-order valence-electron chi connectivity index (χ2n) is 11.6. The van der Waals surface area contributed by atoms with E-state index in [1.54, 1.807) is 28.1 Å². The number of esters is 1. The fraction of sp³-hybridized carbons (Fsp3) is 0.529. The third-order valence-electron chi connectivity index (χ3n) is 7.33. The molecule has 9 heteroatoms. The van der Waals surface area contributed by atoms with Gasteiger partial charge in [-0.2, -0.15) is 0 Å². The molecular formula is C34H46ClNO7. The summed E-state index contributed by atoms with van der Waals surface area (Å²) in [4.78, 5) is 26.1. The van der Waals surface area contributed by atoms with Crippen molar-refractivity contribution in [2.24, 2.45) is 0 Å². The number of hydrogen-bond donors (Lipinski definition) is 2. The van der Waals surface area contributed by atoms with E-state index in [9.17, 15) is 14.7 Å². The Morgan fingerprint density at radius 1 is 1.00 bits per heavy atom. The fourth-order valence-electron chi connectivity index (χ4n) is 5.02. The van der Waals surface area contributed by atoms with Gasteiger partial charge in [0.15, 0.2) is 11.3 Å². The van der Waals surface area contributed by atoms with Gasteiger partial charge in [0.2, 0.25) is 5.91 Å². The summed E-state index contributed by atoms with van der Waals surface area (Å²) in [7, 11) is 3.19. The van der Waals surface area contributed by atoms with Crippen LogP contribution in [0.4, 0.5) is 0 Å². The van der Waals surface area contributed by atoms with Gasteiger partial charge in [0, 0.05) is 30.1 Å². The maximum atomic E-state index is 13.4. The standard InChI is InChI=1S/C34H46ClNO7/c1-23(9-6-18-34(2,3)39)36-30(37)17-14-25-21-27-31(28(11-7-19-35)43-32(27)29(22-25)41-5)33(38)42-20-8-10-24-12-15-26(40-4)16-13-24/h12-13,15-16,21-23,39H,6-11,14,17-20H2,1-5H3,(H,36,37). The second kappa shape index (κ2) is 16.6. The lowest BCUT2D eigenvalue weighted by molar-refractivity contribution is -0.121. The molecular weight excluding hydrogens is 570 g/mol. The summed E-state index contributed by atoms with van der Waals surface area (Å²) in [5.74, 6) is 1.75. The summed E-state index contributed by atoms with van der Waals surface area (Å²) in [6, 6.07) is 11.6. The Labute approximate surface area is 260 Å². The summed E-state index contributed by atoms with van der Waals surface area (Å²) in [5.41, 5.74) is 2.14. The van der Waals surface area contributed by atoms with Crippen molar-refractivity contribution in [3.05, 3.63) is 58.8 Å². The van der Waals surface area contributed by atoms with Crippen LogP contribution in [-0.4, -0.2) is 55.3 Å². The molecule has 2 N–H and O–H groups in total. The van der Waals surface area contributed by atoms with Gasteiger partial charge in [-0.05, 0) is 101 Å². The molecule has 1 unspecified atom stereocenters. The number of carbonyl (C=O) groups excluding carboxylic acids is 2. The summed E-state index contributed by atoms with van der Waals surface area (Å²) >= 11 is 5.96. The summed E-state index contributed by atoms with van der Waals surface area (Å²) in [6.07, 6.45) is 5.61. The van der Waals surface area contributed by atoms with E-state index in [0.717, 1.165) is 36.1 Å². The number of ether oxygens (including phenoxy) is 3. The molecule has 0 aliphatic carbocycles. The average molecular weight is 616 g/mol. The Kier molecular flexibility index (Phi) is 13.2. The molecule has 0 fully saturated rings. The van der Waals surface area contributed by atoms with E-state index in [2.05, 4.69) is 5.32 Å². The maximum Gasteiger partial charge on any atom is 0.342 e. The fourth-order valence-corrected chi connectivity index (χ4v) is 5.15. The molecule has 8 nitrogen and oxygen atoms in total. The van der Waals surface area contributed by atoms with Crippen LogP contribution < -0.4 is 14.8 Å². The molecule has 0 saturated carbocycles. The van der Waals surface area contributed by atoms with Gasteiger partial charge in [-0.15, -0.1) is 11.6 Å². The van der Waals surface area contributed by atoms with Gasteiger partial charge in [0.05, 0.1) is 26.4 Å². The van der Waals surface area contributed by atoms with Crippen molar-refractivity contribution in [2.45, 2.75) is 90.2 Å². The number of alkyl halides is 1. The van der Waals surface area contributed by atoms with Crippen molar-refractivity contribution in [1.29, 1.82) is 0 Å². The van der Waals surface area contributed by atoms with Crippen LogP contribution in [0.25, 0.3) is 11.0 Å². The first-order chi connectivity index (χ1) is 20.5. The maximum absolute atomic E-state index is 13.4. The van der Waals surface area contributed by atoms with Crippen molar-refractivity contribution >= 4 is 34.4 Å². The number of fused-ring (bicyclic) bond motifs is 1. The molecule has 236 valence electrons. The van der Waals surface area contributed by atoms with Gasteiger partial charge in [-0.1, -0.05) is 12.1 Å². The highest BCUT2D eigenvalue weighted by Crippen LogP contribution is 2.36. The largest absolute Gasteiger partial charge is 0.497 e. The number of amides is 1. The van der Waals surface area contributed by atoms with Crippen molar-refractivity contribution in [3.8, 4) is 11.5 Å². The van der Waals surface area contributed by atoms with Crippen LogP contribution >= 0.6 is 11.6 Å². The molecule has 1 atom stereocenters. The molecule has 3 rings (SSSR count). The third kappa shape index (κ3) is 10.8. The summed E-state index contributed by atoms with van der Waals surface area (Å²) in [6.45, 7) is 5.81. The number of nitrogens with one attached hydrogen (secondary N) is 1. The molecule has 43 heavy (non-hydrogen) atoms. The number of methoxy groups -OCH3 is 2. The Balaban J connectivity index is 1.69. The smallest absolute Gasteiger partial charge is 0.342 e. The number of hydrogen-bond acceptors (Lipinski definition) is 7. The minimum Gasteiger partial charge on any atom is -0.497 e. The quantitative estimate of drug-likeness (QED) is 0.0921.